The number of carboxylic acids is 1. The molecule has 0 unspecified atom stereocenters. The molecular formula is C8H5N3O4S. The van der Waals surface area contributed by atoms with E-state index in [-0.39, 0.29) is 22.2 Å². The molecule has 0 saturated heterocycles. The van der Waals surface area contributed by atoms with Crippen molar-refractivity contribution in [1.82, 2.24) is 4.98 Å². The van der Waals surface area contributed by atoms with Crippen molar-refractivity contribution in [3.8, 4) is 6.07 Å². The fourth-order valence-corrected chi connectivity index (χ4v) is 1.47. The first-order valence-electron chi connectivity index (χ1n) is 3.94. The number of nitriles is 1. The van der Waals surface area contributed by atoms with Gasteiger partial charge in [-0.05, 0) is 6.07 Å². The van der Waals surface area contributed by atoms with Crippen molar-refractivity contribution in [2.45, 2.75) is 5.03 Å². The topological polar surface area (TPSA) is 117 Å². The number of nitro groups is 1. The van der Waals surface area contributed by atoms with Gasteiger partial charge in [-0.15, -0.1) is 0 Å². The zero-order valence-corrected chi connectivity index (χ0v) is 8.60. The first-order valence-corrected chi connectivity index (χ1v) is 4.93. The van der Waals surface area contributed by atoms with Crippen LogP contribution in [0.2, 0.25) is 0 Å². The van der Waals surface area contributed by atoms with E-state index in [4.69, 9.17) is 10.4 Å². The number of pyridine rings is 1. The van der Waals surface area contributed by atoms with E-state index in [1.807, 2.05) is 0 Å². The Hall–Kier alpha value is -2.14. The van der Waals surface area contributed by atoms with Gasteiger partial charge in [-0.2, -0.15) is 5.26 Å². The Kier molecular flexibility index (Phi) is 3.79. The lowest BCUT2D eigenvalue weighted by atomic mass is 10.3. The van der Waals surface area contributed by atoms with Crippen LogP contribution in [0.3, 0.4) is 0 Å². The van der Waals surface area contributed by atoms with Crippen LogP contribution >= 0.6 is 11.8 Å². The SMILES string of the molecule is N#Cc1nc(SCC(=O)O)ccc1[N+](=O)[O-]. The Morgan fingerprint density at radius 2 is 2.38 bits per heavy atom. The maximum Gasteiger partial charge on any atom is 0.313 e. The van der Waals surface area contributed by atoms with Crippen LogP contribution in [0.25, 0.3) is 0 Å². The third-order valence-corrected chi connectivity index (χ3v) is 2.41. The molecule has 16 heavy (non-hydrogen) atoms. The van der Waals surface area contributed by atoms with E-state index in [0.717, 1.165) is 17.8 Å². The number of carbonyl (C=O) groups is 1. The smallest absolute Gasteiger partial charge is 0.313 e. The first kappa shape index (κ1) is 11.9. The standard InChI is InChI=1S/C8H5N3O4S/c9-3-5-6(11(14)15)1-2-7(10-5)16-4-8(12)13/h1-2H,4H2,(H,12,13). The molecule has 0 atom stereocenters. The molecule has 0 aliphatic carbocycles. The molecular weight excluding hydrogens is 234 g/mol. The second-order valence-electron chi connectivity index (χ2n) is 2.57. The maximum absolute atomic E-state index is 10.5. The minimum atomic E-state index is -1.02. The fourth-order valence-electron chi connectivity index (χ4n) is 0.880. The van der Waals surface area contributed by atoms with Gasteiger partial charge in [0.1, 0.15) is 6.07 Å². The highest BCUT2D eigenvalue weighted by Crippen LogP contribution is 2.21. The molecule has 0 amide bonds. The van der Waals surface area contributed by atoms with Gasteiger partial charge in [0.25, 0.3) is 0 Å². The van der Waals surface area contributed by atoms with Crippen LogP contribution in [0.4, 0.5) is 5.69 Å². The van der Waals surface area contributed by atoms with Crippen molar-refractivity contribution < 1.29 is 14.8 Å². The highest BCUT2D eigenvalue weighted by molar-refractivity contribution is 7.99. The van der Waals surface area contributed by atoms with E-state index in [1.54, 1.807) is 6.07 Å². The van der Waals surface area contributed by atoms with Crippen LogP contribution in [0.5, 0.6) is 0 Å². The molecule has 8 heteroatoms. The predicted octanol–water partition coefficient (Wildman–Crippen LogP) is 1.04. The third-order valence-electron chi connectivity index (χ3n) is 1.49. The second kappa shape index (κ2) is 5.09. The quantitative estimate of drug-likeness (QED) is 0.473. The van der Waals surface area contributed by atoms with E-state index < -0.39 is 10.9 Å². The highest BCUT2D eigenvalue weighted by atomic mass is 32.2. The number of thioether (sulfide) groups is 1. The fraction of sp³-hybridized carbons (Fsp3) is 0.125. The number of carboxylic acid groups (broad SMARTS) is 1. The Bertz CT molecular complexity index is 483. The van der Waals surface area contributed by atoms with Crippen LogP contribution in [-0.4, -0.2) is 26.7 Å². The van der Waals surface area contributed by atoms with Crippen molar-refractivity contribution in [3.63, 3.8) is 0 Å². The summed E-state index contributed by atoms with van der Waals surface area (Å²) in [6.07, 6.45) is 0. The minimum absolute atomic E-state index is 0.213. The number of hydrogen-bond donors (Lipinski definition) is 1. The molecule has 1 aromatic rings. The van der Waals surface area contributed by atoms with Crippen LogP contribution in [-0.2, 0) is 4.79 Å². The molecule has 0 spiro atoms. The number of rotatable bonds is 4. The van der Waals surface area contributed by atoms with E-state index >= 15 is 0 Å². The van der Waals surface area contributed by atoms with Crippen molar-refractivity contribution >= 4 is 23.4 Å². The van der Waals surface area contributed by atoms with E-state index in [0.29, 0.717) is 0 Å². The number of nitrogens with zero attached hydrogens (tertiary/aromatic N) is 3. The molecule has 0 aliphatic heterocycles. The van der Waals surface area contributed by atoms with Gasteiger partial charge >= 0.3 is 11.7 Å². The van der Waals surface area contributed by atoms with Crippen LogP contribution < -0.4 is 0 Å². The lowest BCUT2D eigenvalue weighted by Crippen LogP contribution is -2.00. The maximum atomic E-state index is 10.5. The summed E-state index contributed by atoms with van der Waals surface area (Å²) in [5.41, 5.74) is -0.706. The van der Waals surface area contributed by atoms with Gasteiger partial charge in [0, 0.05) is 6.07 Å². The molecule has 1 rings (SSSR count). The van der Waals surface area contributed by atoms with Gasteiger partial charge in [0.15, 0.2) is 0 Å². The normalized spacial score (nSPS) is 9.44. The molecule has 0 saturated carbocycles. The molecule has 0 aliphatic rings. The molecule has 1 heterocycles. The summed E-state index contributed by atoms with van der Waals surface area (Å²) in [6, 6.07) is 4.04. The zero-order valence-electron chi connectivity index (χ0n) is 7.78. The van der Waals surface area contributed by atoms with Crippen molar-refractivity contribution in [2.75, 3.05) is 5.75 Å². The molecule has 7 nitrogen and oxygen atoms in total. The highest BCUT2D eigenvalue weighted by Gasteiger charge is 2.15. The predicted molar refractivity (Wildman–Crippen MR) is 54.0 cm³/mol. The summed E-state index contributed by atoms with van der Waals surface area (Å²) < 4.78 is 0. The summed E-state index contributed by atoms with van der Waals surface area (Å²) in [5, 5.41) is 27.8. The Morgan fingerprint density at radius 3 is 2.88 bits per heavy atom. The summed E-state index contributed by atoms with van der Waals surface area (Å²) in [7, 11) is 0. The molecule has 82 valence electrons. The molecule has 1 aromatic heterocycles. The van der Waals surface area contributed by atoms with Crippen LogP contribution in [0.1, 0.15) is 5.69 Å². The number of hydrogen-bond acceptors (Lipinski definition) is 6. The molecule has 0 radical (unpaired) electrons. The van der Waals surface area contributed by atoms with Gasteiger partial charge in [-0.25, -0.2) is 4.98 Å². The molecule has 0 bridgehead atoms. The lowest BCUT2D eigenvalue weighted by Gasteiger charge is -1.98. The van der Waals surface area contributed by atoms with Crippen molar-refractivity contribution in [1.29, 1.82) is 5.26 Å². The lowest BCUT2D eigenvalue weighted by molar-refractivity contribution is -0.385. The van der Waals surface area contributed by atoms with Crippen molar-refractivity contribution in [3.05, 3.63) is 27.9 Å². The second-order valence-corrected chi connectivity index (χ2v) is 3.56. The summed E-state index contributed by atoms with van der Waals surface area (Å²) in [5.74, 6) is -1.24. The monoisotopic (exact) mass is 239 g/mol. The van der Waals surface area contributed by atoms with E-state index in [9.17, 15) is 14.9 Å². The average Bonchev–Trinajstić information content (AvgIpc) is 2.25. The van der Waals surface area contributed by atoms with Gasteiger partial charge in [0.05, 0.1) is 15.7 Å². The van der Waals surface area contributed by atoms with Crippen LogP contribution in [0, 0.1) is 21.4 Å². The van der Waals surface area contributed by atoms with Crippen LogP contribution in [0.15, 0.2) is 17.2 Å². The number of aliphatic carboxylic acids is 1. The van der Waals surface area contributed by atoms with E-state index in [1.165, 1.54) is 6.07 Å². The van der Waals surface area contributed by atoms with Crippen molar-refractivity contribution in [2.24, 2.45) is 0 Å². The summed E-state index contributed by atoms with van der Waals surface area (Å²) in [4.78, 5) is 23.7. The Labute approximate surface area is 93.9 Å². The van der Waals surface area contributed by atoms with Gasteiger partial charge in [-0.3, -0.25) is 14.9 Å². The Balaban J connectivity index is 2.96. The minimum Gasteiger partial charge on any atom is -0.481 e. The number of aromatic nitrogens is 1. The van der Waals surface area contributed by atoms with E-state index in [2.05, 4.69) is 4.98 Å². The van der Waals surface area contributed by atoms with Gasteiger partial charge in [-0.1, -0.05) is 11.8 Å². The summed E-state index contributed by atoms with van der Waals surface area (Å²) >= 11 is 0.894. The largest absolute Gasteiger partial charge is 0.481 e. The zero-order chi connectivity index (χ0) is 12.1. The molecule has 1 N–H and O–H groups in total. The molecule has 0 fully saturated rings. The Morgan fingerprint density at radius 1 is 1.69 bits per heavy atom. The van der Waals surface area contributed by atoms with Gasteiger partial charge in [0.2, 0.25) is 5.69 Å². The first-order chi connectivity index (χ1) is 7.54. The third kappa shape index (κ3) is 2.93. The van der Waals surface area contributed by atoms with Gasteiger partial charge < -0.3 is 5.11 Å². The molecule has 0 aromatic carbocycles. The summed E-state index contributed by atoms with van der Waals surface area (Å²) in [6.45, 7) is 0. The average molecular weight is 239 g/mol.